The molecule has 6 rings (SSSR count). The lowest BCUT2D eigenvalue weighted by Crippen LogP contribution is -2.52. The van der Waals surface area contributed by atoms with E-state index in [1.54, 1.807) is 6.07 Å². The van der Waals surface area contributed by atoms with Gasteiger partial charge in [0.05, 0.1) is 17.7 Å². The van der Waals surface area contributed by atoms with Crippen molar-refractivity contribution in [3.05, 3.63) is 88.7 Å². The number of hydrogen-bond donors (Lipinski definition) is 0. The molecule has 0 unspecified atom stereocenters. The van der Waals surface area contributed by atoms with Crippen molar-refractivity contribution in [3.63, 3.8) is 0 Å². The summed E-state index contributed by atoms with van der Waals surface area (Å²) in [5, 5.41) is 0.542. The Morgan fingerprint density at radius 2 is 1.86 bits per heavy atom. The van der Waals surface area contributed by atoms with Gasteiger partial charge in [0.25, 0.3) is 5.91 Å². The zero-order valence-corrected chi connectivity index (χ0v) is 20.1. The largest absolute Gasteiger partial charge is 0.486 e. The summed E-state index contributed by atoms with van der Waals surface area (Å²) >= 11 is 6.15. The molecule has 0 bridgehead atoms. The van der Waals surface area contributed by atoms with Crippen LogP contribution in [0.4, 0.5) is 0 Å². The third kappa shape index (κ3) is 3.88. The lowest BCUT2D eigenvalue weighted by molar-refractivity contribution is -0.00617. The van der Waals surface area contributed by atoms with Crippen molar-refractivity contribution in [3.8, 4) is 17.0 Å². The fraction of sp³-hybridized carbons (Fsp3) is 0.250. The number of nitrogens with zero attached hydrogens (tertiary/aromatic N) is 3. The quantitative estimate of drug-likeness (QED) is 0.370. The van der Waals surface area contributed by atoms with E-state index in [0.29, 0.717) is 54.3 Å². The Morgan fingerprint density at radius 3 is 2.63 bits per heavy atom. The van der Waals surface area contributed by atoms with Crippen LogP contribution in [0.1, 0.15) is 45.5 Å². The van der Waals surface area contributed by atoms with Crippen LogP contribution in [0.5, 0.6) is 5.75 Å². The summed E-state index contributed by atoms with van der Waals surface area (Å²) < 4.78 is 8.35. The molecule has 1 fully saturated rings. The van der Waals surface area contributed by atoms with Gasteiger partial charge in [0, 0.05) is 54.5 Å². The molecule has 0 saturated carbocycles. The molecule has 2 aromatic carbocycles. The van der Waals surface area contributed by atoms with Gasteiger partial charge in [-0.15, -0.1) is 0 Å². The van der Waals surface area contributed by atoms with Crippen LogP contribution >= 0.6 is 11.6 Å². The molecular formula is C28H24ClN3O3. The maximum Gasteiger partial charge on any atom is 0.254 e. The first kappa shape index (κ1) is 21.9. The van der Waals surface area contributed by atoms with Crippen molar-refractivity contribution in [2.75, 3.05) is 13.1 Å². The number of halogens is 1. The fourth-order valence-electron chi connectivity index (χ4n) is 5.15. The SMILES string of the molecule is Cc1cc(Cl)cc2c1OC1(CCN(C(=O)c3ccn4cc(-c5ccccc5)nc4c3)CC1)CC2=O. The summed E-state index contributed by atoms with van der Waals surface area (Å²) in [6.45, 7) is 2.97. The molecule has 0 radical (unpaired) electrons. The minimum absolute atomic E-state index is 0.0305. The Bertz CT molecular complexity index is 1470. The molecule has 1 amide bonds. The average molecular weight is 486 g/mol. The maximum absolute atomic E-state index is 13.3. The fourth-order valence-corrected chi connectivity index (χ4v) is 5.43. The lowest BCUT2D eigenvalue weighted by Gasteiger charge is -2.44. The zero-order chi connectivity index (χ0) is 24.2. The van der Waals surface area contributed by atoms with Crippen molar-refractivity contribution in [1.29, 1.82) is 0 Å². The maximum atomic E-state index is 13.3. The first-order chi connectivity index (χ1) is 16.9. The third-order valence-electron chi connectivity index (χ3n) is 7.08. The minimum atomic E-state index is -0.572. The predicted octanol–water partition coefficient (Wildman–Crippen LogP) is 5.60. The number of carbonyl (C=O) groups excluding carboxylic acids is 2. The first-order valence-corrected chi connectivity index (χ1v) is 12.1. The van der Waals surface area contributed by atoms with Crippen LogP contribution in [-0.2, 0) is 0 Å². The van der Waals surface area contributed by atoms with Gasteiger partial charge in [-0.25, -0.2) is 4.98 Å². The van der Waals surface area contributed by atoms with Gasteiger partial charge in [0.1, 0.15) is 17.0 Å². The zero-order valence-electron chi connectivity index (χ0n) is 19.3. The highest BCUT2D eigenvalue weighted by molar-refractivity contribution is 6.31. The number of aryl methyl sites for hydroxylation is 1. The van der Waals surface area contributed by atoms with E-state index in [1.807, 2.05) is 77.1 Å². The number of benzene rings is 2. The van der Waals surface area contributed by atoms with Crippen molar-refractivity contribution in [1.82, 2.24) is 14.3 Å². The van der Waals surface area contributed by atoms with Gasteiger partial charge in [-0.2, -0.15) is 0 Å². The number of rotatable bonds is 2. The highest BCUT2D eigenvalue weighted by atomic mass is 35.5. The van der Waals surface area contributed by atoms with E-state index in [9.17, 15) is 9.59 Å². The van der Waals surface area contributed by atoms with E-state index < -0.39 is 5.60 Å². The molecule has 4 heterocycles. The van der Waals surface area contributed by atoms with E-state index in [2.05, 4.69) is 0 Å². The van der Waals surface area contributed by atoms with Crippen molar-refractivity contribution in [2.45, 2.75) is 31.8 Å². The van der Waals surface area contributed by atoms with Crippen LogP contribution in [-0.4, -0.2) is 44.7 Å². The van der Waals surface area contributed by atoms with Crippen LogP contribution in [0.2, 0.25) is 5.02 Å². The molecule has 0 N–H and O–H groups in total. The number of aromatic nitrogens is 2. The molecular weight excluding hydrogens is 462 g/mol. The molecule has 6 nitrogen and oxygen atoms in total. The topological polar surface area (TPSA) is 63.9 Å². The van der Waals surface area contributed by atoms with Gasteiger partial charge in [0.2, 0.25) is 0 Å². The van der Waals surface area contributed by atoms with E-state index in [4.69, 9.17) is 21.3 Å². The first-order valence-electron chi connectivity index (χ1n) is 11.8. The number of ketones is 1. The molecule has 7 heteroatoms. The number of hydrogen-bond acceptors (Lipinski definition) is 4. The van der Waals surface area contributed by atoms with E-state index in [-0.39, 0.29) is 11.7 Å². The van der Waals surface area contributed by atoms with Gasteiger partial charge in [-0.3, -0.25) is 9.59 Å². The summed E-state index contributed by atoms with van der Waals surface area (Å²) in [6.07, 6.45) is 5.37. The summed E-state index contributed by atoms with van der Waals surface area (Å²) in [4.78, 5) is 32.8. The highest BCUT2D eigenvalue weighted by Gasteiger charge is 2.44. The summed E-state index contributed by atoms with van der Waals surface area (Å²) in [5.41, 5.74) is 4.09. The number of piperidine rings is 1. The summed E-state index contributed by atoms with van der Waals surface area (Å²) in [5.74, 6) is 0.650. The number of likely N-dealkylation sites (tertiary alicyclic amines) is 1. The second-order valence-corrected chi connectivity index (χ2v) is 9.89. The Hall–Kier alpha value is -3.64. The molecule has 0 atom stereocenters. The lowest BCUT2D eigenvalue weighted by atomic mass is 9.82. The van der Waals surface area contributed by atoms with Crippen LogP contribution in [0.15, 0.2) is 67.0 Å². The number of carbonyl (C=O) groups is 2. The number of Topliss-reactive ketones (excluding diaryl/α,β-unsaturated/α-hetero) is 1. The number of fused-ring (bicyclic) bond motifs is 2. The second-order valence-electron chi connectivity index (χ2n) is 9.45. The molecule has 176 valence electrons. The summed E-state index contributed by atoms with van der Waals surface area (Å²) in [7, 11) is 0. The van der Waals surface area contributed by atoms with E-state index in [1.165, 1.54) is 0 Å². The Morgan fingerprint density at radius 1 is 1.09 bits per heavy atom. The van der Waals surface area contributed by atoms with Gasteiger partial charge >= 0.3 is 0 Å². The molecule has 35 heavy (non-hydrogen) atoms. The minimum Gasteiger partial charge on any atom is -0.486 e. The Labute approximate surface area is 208 Å². The van der Waals surface area contributed by atoms with Crippen LogP contribution in [0.3, 0.4) is 0 Å². The summed E-state index contributed by atoms with van der Waals surface area (Å²) in [6, 6.07) is 17.2. The van der Waals surface area contributed by atoms with Crippen molar-refractivity contribution < 1.29 is 14.3 Å². The van der Waals surface area contributed by atoms with Crippen LogP contribution in [0, 0.1) is 6.92 Å². The number of ether oxygens (including phenoxy) is 1. The van der Waals surface area contributed by atoms with Crippen LogP contribution < -0.4 is 4.74 Å². The van der Waals surface area contributed by atoms with Crippen molar-refractivity contribution in [2.24, 2.45) is 0 Å². The highest BCUT2D eigenvalue weighted by Crippen LogP contribution is 2.42. The van der Waals surface area contributed by atoms with Gasteiger partial charge < -0.3 is 14.0 Å². The number of imidazole rings is 1. The van der Waals surface area contributed by atoms with E-state index >= 15 is 0 Å². The van der Waals surface area contributed by atoms with Gasteiger partial charge in [-0.1, -0.05) is 41.9 Å². The monoisotopic (exact) mass is 485 g/mol. The Balaban J connectivity index is 1.19. The van der Waals surface area contributed by atoms with Gasteiger partial charge in [0.15, 0.2) is 5.78 Å². The smallest absolute Gasteiger partial charge is 0.254 e. The molecule has 1 spiro atoms. The third-order valence-corrected chi connectivity index (χ3v) is 7.30. The molecule has 2 aliphatic rings. The second kappa shape index (κ2) is 8.24. The van der Waals surface area contributed by atoms with Gasteiger partial charge in [-0.05, 0) is 36.8 Å². The molecule has 2 aromatic heterocycles. The number of amides is 1. The van der Waals surface area contributed by atoms with Crippen LogP contribution in [0.25, 0.3) is 16.9 Å². The molecule has 4 aromatic rings. The molecule has 1 saturated heterocycles. The van der Waals surface area contributed by atoms with E-state index in [0.717, 1.165) is 22.5 Å². The number of pyridine rings is 1. The normalized spacial score (nSPS) is 16.9. The predicted molar refractivity (Wildman–Crippen MR) is 134 cm³/mol. The average Bonchev–Trinajstić information content (AvgIpc) is 3.29. The Kier molecular flexibility index (Phi) is 5.15. The molecule has 2 aliphatic heterocycles. The van der Waals surface area contributed by atoms with Crippen molar-refractivity contribution >= 4 is 28.9 Å². The molecule has 0 aliphatic carbocycles. The standard InChI is InChI=1S/C28H24ClN3O3/c1-18-13-21(29)15-22-24(33)16-28(35-26(18)22)8-11-31(12-9-28)27(34)20-7-10-32-17-23(30-25(32)14-20)19-5-3-2-4-6-19/h2-7,10,13-15,17H,8-9,11-12,16H2,1H3.